The second kappa shape index (κ2) is 5.40. The number of methoxy groups -OCH3 is 1. The molecule has 1 aliphatic carbocycles. The molecule has 0 radical (unpaired) electrons. The largest absolute Gasteiger partial charge is 0.497 e. The van der Waals surface area contributed by atoms with Crippen molar-refractivity contribution >= 4 is 5.69 Å². The van der Waals surface area contributed by atoms with Crippen LogP contribution in [0.25, 0.3) is 0 Å². The molecule has 0 spiro atoms. The lowest BCUT2D eigenvalue weighted by Crippen LogP contribution is -2.12. The summed E-state index contributed by atoms with van der Waals surface area (Å²) in [5.41, 5.74) is 1.14. The van der Waals surface area contributed by atoms with Crippen molar-refractivity contribution in [2.24, 2.45) is 5.92 Å². The van der Waals surface area contributed by atoms with Crippen molar-refractivity contribution in [3.05, 3.63) is 48.6 Å². The number of benzene rings is 1. The van der Waals surface area contributed by atoms with Crippen LogP contribution < -0.4 is 10.1 Å². The van der Waals surface area contributed by atoms with E-state index in [4.69, 9.17) is 4.74 Å². The van der Waals surface area contributed by atoms with Gasteiger partial charge in [-0.3, -0.25) is 0 Å². The Hall–Kier alpha value is -1.70. The first-order valence-electron chi connectivity index (χ1n) is 5.60. The molecule has 0 amide bonds. The van der Waals surface area contributed by atoms with Gasteiger partial charge in [-0.1, -0.05) is 24.3 Å². The summed E-state index contributed by atoms with van der Waals surface area (Å²) in [6.45, 7) is 0.979. The van der Waals surface area contributed by atoms with Crippen LogP contribution in [0.2, 0.25) is 0 Å². The van der Waals surface area contributed by atoms with Crippen LogP contribution in [-0.4, -0.2) is 13.7 Å². The van der Waals surface area contributed by atoms with Gasteiger partial charge in [0.2, 0.25) is 0 Å². The molecule has 84 valence electrons. The van der Waals surface area contributed by atoms with Gasteiger partial charge in [-0.2, -0.15) is 0 Å². The Morgan fingerprint density at radius 3 is 2.69 bits per heavy atom. The van der Waals surface area contributed by atoms with E-state index in [0.717, 1.165) is 24.4 Å². The molecular weight excluding hydrogens is 198 g/mol. The summed E-state index contributed by atoms with van der Waals surface area (Å²) >= 11 is 0. The van der Waals surface area contributed by atoms with Crippen molar-refractivity contribution in [3.8, 4) is 5.75 Å². The molecule has 1 unspecified atom stereocenters. The number of rotatable bonds is 4. The van der Waals surface area contributed by atoms with Gasteiger partial charge in [0.1, 0.15) is 5.75 Å². The molecule has 16 heavy (non-hydrogen) atoms. The minimum atomic E-state index is 0.604. The molecule has 1 atom stereocenters. The van der Waals surface area contributed by atoms with E-state index < -0.39 is 0 Å². The smallest absolute Gasteiger partial charge is 0.119 e. The topological polar surface area (TPSA) is 21.3 Å². The van der Waals surface area contributed by atoms with Crippen LogP contribution in [0.5, 0.6) is 5.75 Å². The average Bonchev–Trinajstić information content (AvgIpc) is 2.38. The Kier molecular flexibility index (Phi) is 3.65. The van der Waals surface area contributed by atoms with Crippen molar-refractivity contribution in [3.63, 3.8) is 0 Å². The maximum absolute atomic E-state index is 5.12. The molecule has 0 saturated heterocycles. The van der Waals surface area contributed by atoms with E-state index in [1.54, 1.807) is 7.11 Å². The second-order valence-electron chi connectivity index (χ2n) is 3.92. The van der Waals surface area contributed by atoms with Crippen molar-refractivity contribution in [1.29, 1.82) is 0 Å². The molecule has 0 fully saturated rings. The lowest BCUT2D eigenvalue weighted by molar-refractivity contribution is 0.415. The van der Waals surface area contributed by atoms with Crippen LogP contribution in [0.4, 0.5) is 5.69 Å². The Labute approximate surface area is 96.6 Å². The van der Waals surface area contributed by atoms with E-state index in [1.807, 2.05) is 24.3 Å². The summed E-state index contributed by atoms with van der Waals surface area (Å²) in [5, 5.41) is 3.42. The van der Waals surface area contributed by atoms with Crippen LogP contribution in [0, 0.1) is 5.92 Å². The molecule has 2 rings (SSSR count). The van der Waals surface area contributed by atoms with Crippen LogP contribution in [0.15, 0.2) is 48.6 Å². The fourth-order valence-electron chi connectivity index (χ4n) is 1.74. The highest BCUT2D eigenvalue weighted by atomic mass is 16.5. The minimum absolute atomic E-state index is 0.604. The van der Waals surface area contributed by atoms with Crippen molar-refractivity contribution in [2.45, 2.75) is 6.42 Å². The van der Waals surface area contributed by atoms with Gasteiger partial charge < -0.3 is 10.1 Å². The van der Waals surface area contributed by atoms with Crippen LogP contribution in [-0.2, 0) is 0 Å². The summed E-state index contributed by atoms with van der Waals surface area (Å²) in [6.07, 6.45) is 9.80. The maximum atomic E-state index is 5.12. The average molecular weight is 215 g/mol. The van der Waals surface area contributed by atoms with E-state index in [-0.39, 0.29) is 0 Å². The third-order valence-corrected chi connectivity index (χ3v) is 2.73. The number of allylic oxidation sites excluding steroid dienone is 3. The zero-order valence-corrected chi connectivity index (χ0v) is 9.52. The highest BCUT2D eigenvalue weighted by Gasteiger charge is 2.04. The van der Waals surface area contributed by atoms with Gasteiger partial charge in [-0.05, 0) is 36.6 Å². The summed E-state index contributed by atoms with van der Waals surface area (Å²) in [5.74, 6) is 1.50. The molecule has 1 aliphatic rings. The molecule has 1 aromatic carbocycles. The monoisotopic (exact) mass is 215 g/mol. The lowest BCUT2D eigenvalue weighted by atomic mass is 10.0. The van der Waals surface area contributed by atoms with E-state index in [9.17, 15) is 0 Å². The third-order valence-electron chi connectivity index (χ3n) is 2.73. The van der Waals surface area contributed by atoms with Gasteiger partial charge >= 0.3 is 0 Å². The quantitative estimate of drug-likeness (QED) is 0.832. The predicted molar refractivity (Wildman–Crippen MR) is 67.9 cm³/mol. The van der Waals surface area contributed by atoms with Gasteiger partial charge in [0, 0.05) is 12.2 Å². The van der Waals surface area contributed by atoms with Gasteiger partial charge in [0.15, 0.2) is 0 Å². The summed E-state index contributed by atoms with van der Waals surface area (Å²) in [6, 6.07) is 8.03. The Balaban J connectivity index is 1.84. The van der Waals surface area contributed by atoms with Gasteiger partial charge in [0.05, 0.1) is 7.11 Å². The molecule has 2 heteroatoms. The van der Waals surface area contributed by atoms with Crippen LogP contribution >= 0.6 is 0 Å². The molecule has 0 heterocycles. The molecule has 0 bridgehead atoms. The standard InChI is InChI=1S/C14H17NO/c1-16-14-9-7-13(8-10-14)15-11-12-5-3-2-4-6-12/h2-5,7-10,12,15H,6,11H2,1H3. The zero-order chi connectivity index (χ0) is 11.2. The van der Waals surface area contributed by atoms with Crippen LogP contribution in [0.3, 0.4) is 0 Å². The molecule has 2 nitrogen and oxygen atoms in total. The fourth-order valence-corrected chi connectivity index (χ4v) is 1.74. The highest BCUT2D eigenvalue weighted by molar-refractivity contribution is 5.46. The fraction of sp³-hybridized carbons (Fsp3) is 0.286. The molecule has 0 aromatic heterocycles. The normalized spacial score (nSPS) is 18.4. The number of hydrogen-bond acceptors (Lipinski definition) is 2. The summed E-state index contributed by atoms with van der Waals surface area (Å²) < 4.78 is 5.12. The Morgan fingerprint density at radius 2 is 2.06 bits per heavy atom. The maximum Gasteiger partial charge on any atom is 0.119 e. The Bertz CT molecular complexity index is 378. The second-order valence-corrected chi connectivity index (χ2v) is 3.92. The highest BCUT2D eigenvalue weighted by Crippen LogP contribution is 2.17. The van der Waals surface area contributed by atoms with Gasteiger partial charge in [-0.25, -0.2) is 0 Å². The first-order chi connectivity index (χ1) is 7.88. The van der Waals surface area contributed by atoms with E-state index in [0.29, 0.717) is 5.92 Å². The van der Waals surface area contributed by atoms with Crippen molar-refractivity contribution in [1.82, 2.24) is 0 Å². The van der Waals surface area contributed by atoms with E-state index >= 15 is 0 Å². The van der Waals surface area contributed by atoms with E-state index in [1.165, 1.54) is 0 Å². The predicted octanol–water partition coefficient (Wildman–Crippen LogP) is 3.24. The van der Waals surface area contributed by atoms with Crippen LogP contribution in [0.1, 0.15) is 6.42 Å². The minimum Gasteiger partial charge on any atom is -0.497 e. The number of nitrogens with one attached hydrogen (secondary N) is 1. The first-order valence-corrected chi connectivity index (χ1v) is 5.60. The molecular formula is C14H17NO. The zero-order valence-electron chi connectivity index (χ0n) is 9.52. The summed E-state index contributed by atoms with van der Waals surface area (Å²) in [7, 11) is 1.68. The molecule has 1 aromatic rings. The Morgan fingerprint density at radius 1 is 1.25 bits per heavy atom. The number of ether oxygens (including phenoxy) is 1. The number of anilines is 1. The van der Waals surface area contributed by atoms with Gasteiger partial charge in [0.25, 0.3) is 0 Å². The van der Waals surface area contributed by atoms with Crippen molar-refractivity contribution in [2.75, 3.05) is 19.0 Å². The van der Waals surface area contributed by atoms with Crippen molar-refractivity contribution < 1.29 is 4.74 Å². The molecule has 0 aliphatic heterocycles. The summed E-state index contributed by atoms with van der Waals surface area (Å²) in [4.78, 5) is 0. The molecule has 0 saturated carbocycles. The van der Waals surface area contributed by atoms with E-state index in [2.05, 4.69) is 29.6 Å². The number of hydrogen-bond donors (Lipinski definition) is 1. The first kappa shape index (κ1) is 10.8. The SMILES string of the molecule is COc1ccc(NCC2C=CC=CC2)cc1. The lowest BCUT2D eigenvalue weighted by Gasteiger charge is -2.14. The molecule has 1 N–H and O–H groups in total. The van der Waals surface area contributed by atoms with Gasteiger partial charge in [-0.15, -0.1) is 0 Å². The third kappa shape index (κ3) is 2.89.